The smallest absolute Gasteiger partial charge is 0.306 e. The Balaban J connectivity index is 2.12. The summed E-state index contributed by atoms with van der Waals surface area (Å²) in [5, 5.41) is 3.91. The molecule has 0 fully saturated rings. The lowest BCUT2D eigenvalue weighted by atomic mass is 10.1. The quantitative estimate of drug-likeness (QED) is 0.805. The average molecular weight is 331 g/mol. The van der Waals surface area contributed by atoms with Crippen LogP contribution >= 0.6 is 27.3 Å². The highest BCUT2D eigenvalue weighted by Crippen LogP contribution is 2.30. The van der Waals surface area contributed by atoms with E-state index in [0.29, 0.717) is 11.7 Å². The van der Waals surface area contributed by atoms with E-state index in [1.54, 1.807) is 0 Å². The molecule has 1 atom stereocenters. The van der Waals surface area contributed by atoms with Gasteiger partial charge in [0.2, 0.25) is 11.7 Å². The Morgan fingerprint density at radius 1 is 1.61 bits per heavy atom. The topological polar surface area (TPSA) is 65.2 Å². The number of nitrogens with zero attached hydrogens (tertiary/aromatic N) is 2. The maximum absolute atomic E-state index is 11.2. The van der Waals surface area contributed by atoms with Crippen molar-refractivity contribution in [2.24, 2.45) is 0 Å². The standard InChI is InChI=1S/C11H11BrN2O3S/c1-6(5-9(15)16-2)11-13-10(14-17-11)7-3-4-8(12)18-7/h3-4,6H,5H2,1-2H3/t6-/m1/s1. The number of carbonyl (C=O) groups is 1. The van der Waals surface area contributed by atoms with Gasteiger partial charge in [-0.15, -0.1) is 11.3 Å². The molecule has 18 heavy (non-hydrogen) atoms. The second-order valence-electron chi connectivity index (χ2n) is 3.74. The second-order valence-corrected chi connectivity index (χ2v) is 6.20. The third kappa shape index (κ3) is 2.97. The van der Waals surface area contributed by atoms with Gasteiger partial charge in [-0.2, -0.15) is 4.98 Å². The van der Waals surface area contributed by atoms with Crippen LogP contribution in [0.5, 0.6) is 0 Å². The summed E-state index contributed by atoms with van der Waals surface area (Å²) in [6.07, 6.45) is 0.228. The lowest BCUT2D eigenvalue weighted by molar-refractivity contribution is -0.141. The van der Waals surface area contributed by atoms with Gasteiger partial charge >= 0.3 is 5.97 Å². The van der Waals surface area contributed by atoms with Crippen LogP contribution in [0.1, 0.15) is 25.2 Å². The number of hydrogen-bond acceptors (Lipinski definition) is 6. The number of aromatic nitrogens is 2. The summed E-state index contributed by atoms with van der Waals surface area (Å²) in [5.74, 6) is 0.542. The Hall–Kier alpha value is -1.21. The van der Waals surface area contributed by atoms with Gasteiger partial charge in [-0.05, 0) is 28.1 Å². The van der Waals surface area contributed by atoms with Gasteiger partial charge in [-0.25, -0.2) is 0 Å². The normalized spacial score (nSPS) is 12.4. The molecule has 96 valence electrons. The van der Waals surface area contributed by atoms with Gasteiger partial charge in [0.25, 0.3) is 0 Å². The third-order valence-corrected chi connectivity index (χ3v) is 3.98. The fourth-order valence-corrected chi connectivity index (χ4v) is 2.70. The molecule has 0 aliphatic carbocycles. The number of hydrogen-bond donors (Lipinski definition) is 0. The van der Waals surface area contributed by atoms with Gasteiger partial charge in [0.1, 0.15) is 0 Å². The molecule has 2 heterocycles. The zero-order valence-corrected chi connectivity index (χ0v) is 12.2. The predicted octanol–water partition coefficient (Wildman–Crippen LogP) is 3.23. The van der Waals surface area contributed by atoms with Gasteiger partial charge in [0.05, 0.1) is 22.2 Å². The summed E-state index contributed by atoms with van der Waals surface area (Å²) in [6, 6.07) is 3.84. The van der Waals surface area contributed by atoms with Crippen molar-refractivity contribution >= 4 is 33.2 Å². The summed E-state index contributed by atoms with van der Waals surface area (Å²) >= 11 is 4.90. The lowest BCUT2D eigenvalue weighted by Crippen LogP contribution is -2.06. The zero-order chi connectivity index (χ0) is 13.1. The summed E-state index contributed by atoms with van der Waals surface area (Å²) in [6.45, 7) is 1.85. The molecule has 0 spiro atoms. The van der Waals surface area contributed by atoms with Crippen LogP contribution in [0.4, 0.5) is 0 Å². The molecule has 0 aromatic carbocycles. The first-order valence-electron chi connectivity index (χ1n) is 5.26. The molecule has 2 aromatic rings. The van der Waals surface area contributed by atoms with Crippen molar-refractivity contribution < 1.29 is 14.1 Å². The molecule has 0 aliphatic rings. The van der Waals surface area contributed by atoms with Gasteiger partial charge in [-0.1, -0.05) is 12.1 Å². The van der Waals surface area contributed by atoms with Crippen LogP contribution < -0.4 is 0 Å². The van der Waals surface area contributed by atoms with Crippen molar-refractivity contribution in [3.63, 3.8) is 0 Å². The Morgan fingerprint density at radius 2 is 2.39 bits per heavy atom. The molecule has 0 saturated carbocycles. The first-order chi connectivity index (χ1) is 8.60. The van der Waals surface area contributed by atoms with E-state index in [2.05, 4.69) is 30.8 Å². The van der Waals surface area contributed by atoms with Gasteiger partial charge in [0, 0.05) is 5.92 Å². The minimum atomic E-state index is -0.291. The van der Waals surface area contributed by atoms with Crippen LogP contribution in [0.2, 0.25) is 0 Å². The second kappa shape index (κ2) is 5.62. The molecule has 2 rings (SSSR count). The fraction of sp³-hybridized carbons (Fsp3) is 0.364. The Kier molecular flexibility index (Phi) is 4.13. The van der Waals surface area contributed by atoms with E-state index in [0.717, 1.165) is 8.66 Å². The maximum atomic E-state index is 11.2. The predicted molar refractivity (Wildman–Crippen MR) is 70.4 cm³/mol. The number of esters is 1. The lowest BCUT2D eigenvalue weighted by Gasteiger charge is -2.03. The van der Waals surface area contributed by atoms with E-state index in [-0.39, 0.29) is 18.3 Å². The monoisotopic (exact) mass is 330 g/mol. The van der Waals surface area contributed by atoms with Crippen molar-refractivity contribution in [1.29, 1.82) is 0 Å². The van der Waals surface area contributed by atoms with Crippen molar-refractivity contribution in [2.75, 3.05) is 7.11 Å². The molecular formula is C11H11BrN2O3S. The number of thiophene rings is 1. The Morgan fingerprint density at radius 3 is 3.00 bits per heavy atom. The molecule has 0 saturated heterocycles. The number of rotatable bonds is 4. The molecule has 2 aromatic heterocycles. The van der Waals surface area contributed by atoms with Crippen LogP contribution in [-0.4, -0.2) is 23.2 Å². The minimum Gasteiger partial charge on any atom is -0.469 e. The highest BCUT2D eigenvalue weighted by Gasteiger charge is 2.19. The fourth-order valence-electron chi connectivity index (χ4n) is 1.39. The first kappa shape index (κ1) is 13.2. The largest absolute Gasteiger partial charge is 0.469 e. The SMILES string of the molecule is COC(=O)C[C@@H](C)c1nc(-c2ccc(Br)s2)no1. The Bertz CT molecular complexity index is 552. The van der Waals surface area contributed by atoms with E-state index < -0.39 is 0 Å². The number of ether oxygens (including phenoxy) is 1. The summed E-state index contributed by atoms with van der Waals surface area (Å²) in [4.78, 5) is 16.4. The highest BCUT2D eigenvalue weighted by atomic mass is 79.9. The van der Waals surface area contributed by atoms with E-state index >= 15 is 0 Å². The molecule has 0 N–H and O–H groups in total. The van der Waals surface area contributed by atoms with Crippen LogP contribution in [0.15, 0.2) is 20.4 Å². The molecule has 0 amide bonds. The van der Waals surface area contributed by atoms with Crippen molar-refractivity contribution in [1.82, 2.24) is 10.1 Å². The molecular weight excluding hydrogens is 320 g/mol. The van der Waals surface area contributed by atoms with Gasteiger partial charge in [0.15, 0.2) is 0 Å². The molecule has 0 aliphatic heterocycles. The van der Waals surface area contributed by atoms with Crippen molar-refractivity contribution in [3.05, 3.63) is 21.8 Å². The molecule has 0 unspecified atom stereocenters. The van der Waals surface area contributed by atoms with Crippen molar-refractivity contribution in [3.8, 4) is 10.7 Å². The average Bonchev–Trinajstić information content (AvgIpc) is 2.96. The number of methoxy groups -OCH3 is 1. The maximum Gasteiger partial charge on any atom is 0.306 e. The summed E-state index contributed by atoms with van der Waals surface area (Å²) in [7, 11) is 1.36. The van der Waals surface area contributed by atoms with Gasteiger partial charge < -0.3 is 9.26 Å². The van der Waals surface area contributed by atoms with Gasteiger partial charge in [-0.3, -0.25) is 4.79 Å². The number of carbonyl (C=O) groups excluding carboxylic acids is 1. The molecule has 0 radical (unpaired) electrons. The van der Waals surface area contributed by atoms with Crippen LogP contribution in [0, 0.1) is 0 Å². The molecule has 7 heteroatoms. The third-order valence-electron chi connectivity index (χ3n) is 2.36. The summed E-state index contributed by atoms with van der Waals surface area (Å²) in [5.41, 5.74) is 0. The van der Waals surface area contributed by atoms with E-state index in [4.69, 9.17) is 4.52 Å². The van der Waals surface area contributed by atoms with Crippen LogP contribution in [0.25, 0.3) is 10.7 Å². The van der Waals surface area contributed by atoms with Crippen LogP contribution in [-0.2, 0) is 9.53 Å². The highest BCUT2D eigenvalue weighted by molar-refractivity contribution is 9.11. The van der Waals surface area contributed by atoms with Crippen LogP contribution in [0.3, 0.4) is 0 Å². The molecule has 0 bridgehead atoms. The van der Waals surface area contributed by atoms with E-state index in [1.807, 2.05) is 19.1 Å². The molecule has 5 nitrogen and oxygen atoms in total. The number of halogens is 1. The van der Waals surface area contributed by atoms with E-state index in [9.17, 15) is 4.79 Å². The zero-order valence-electron chi connectivity index (χ0n) is 9.84. The minimum absolute atomic E-state index is 0.151. The summed E-state index contributed by atoms with van der Waals surface area (Å²) < 4.78 is 10.8. The van der Waals surface area contributed by atoms with E-state index in [1.165, 1.54) is 18.4 Å². The Labute approximate surface area is 116 Å². The first-order valence-corrected chi connectivity index (χ1v) is 6.87. The van der Waals surface area contributed by atoms with Crippen molar-refractivity contribution in [2.45, 2.75) is 19.3 Å².